The van der Waals surface area contributed by atoms with Crippen LogP contribution in [0.5, 0.6) is 0 Å². The summed E-state index contributed by atoms with van der Waals surface area (Å²) in [5.41, 5.74) is 1.42. The highest BCUT2D eigenvalue weighted by Crippen LogP contribution is 2.26. The van der Waals surface area contributed by atoms with Crippen molar-refractivity contribution in [2.45, 2.75) is 25.5 Å². The van der Waals surface area contributed by atoms with Gasteiger partial charge in [-0.05, 0) is 12.8 Å². The Balaban J connectivity index is 0.000000755. The number of amides is 1. The van der Waals surface area contributed by atoms with Crippen LogP contribution in [0, 0.1) is 0 Å². The van der Waals surface area contributed by atoms with E-state index < -0.39 is 0 Å². The normalized spacial score (nSPS) is 15.4. The predicted molar refractivity (Wildman–Crippen MR) is 101 cm³/mol. The van der Waals surface area contributed by atoms with Crippen LogP contribution in [-0.4, -0.2) is 43.8 Å². The first kappa shape index (κ1) is 20.2. The second kappa shape index (κ2) is 9.60. The number of benzene rings is 1. The number of hydrogen-bond acceptors (Lipinski definition) is 7. The monoisotopic (exact) mass is 399 g/mol. The molecule has 3 heterocycles. The van der Waals surface area contributed by atoms with E-state index in [-0.39, 0.29) is 25.0 Å². The van der Waals surface area contributed by atoms with Gasteiger partial charge in [-0.15, -0.1) is 0 Å². The number of carbonyl (C=O) groups excluding carboxylic acids is 1. The lowest BCUT2D eigenvalue weighted by atomic mass is 10.2. The number of carboxylic acid groups (broad SMARTS) is 1. The average molecular weight is 399 g/mol. The molecule has 1 unspecified atom stereocenters. The Kier molecular flexibility index (Phi) is 6.69. The fourth-order valence-electron chi connectivity index (χ4n) is 2.97. The number of rotatable bonds is 5. The van der Waals surface area contributed by atoms with E-state index in [9.17, 15) is 4.79 Å². The first-order chi connectivity index (χ1) is 14.1. The van der Waals surface area contributed by atoms with E-state index in [1.54, 1.807) is 10.8 Å². The largest absolute Gasteiger partial charge is 0.483 e. The van der Waals surface area contributed by atoms with Crippen LogP contribution in [0.3, 0.4) is 0 Å². The maximum atomic E-state index is 12.5. The Morgan fingerprint density at radius 3 is 2.83 bits per heavy atom. The molecule has 1 fully saturated rings. The molecule has 3 aromatic rings. The third kappa shape index (κ3) is 4.85. The van der Waals surface area contributed by atoms with Crippen LogP contribution in [0.1, 0.15) is 41.1 Å². The first-order valence-corrected chi connectivity index (χ1v) is 9.01. The van der Waals surface area contributed by atoms with E-state index >= 15 is 0 Å². The topological polar surface area (TPSA) is 132 Å². The summed E-state index contributed by atoms with van der Waals surface area (Å²) in [7, 11) is 1.81. The van der Waals surface area contributed by atoms with E-state index in [1.807, 2.05) is 37.4 Å². The number of ether oxygens (including phenoxy) is 1. The SMILES string of the molecule is Cn1c(C(=O)NCc2noc(C3CCCO3)n2)cnc1-c1ccccc1.O=CO. The number of carbonyl (C=O) groups is 2. The first-order valence-electron chi connectivity index (χ1n) is 9.01. The van der Waals surface area contributed by atoms with Gasteiger partial charge in [-0.2, -0.15) is 4.98 Å². The smallest absolute Gasteiger partial charge is 0.290 e. The van der Waals surface area contributed by atoms with Gasteiger partial charge in [-0.1, -0.05) is 35.5 Å². The molecule has 152 valence electrons. The number of hydrogen-bond donors (Lipinski definition) is 2. The minimum Gasteiger partial charge on any atom is -0.483 e. The highest BCUT2D eigenvalue weighted by molar-refractivity contribution is 5.93. The molecule has 1 atom stereocenters. The van der Waals surface area contributed by atoms with E-state index in [0.717, 1.165) is 24.2 Å². The molecule has 10 heteroatoms. The van der Waals surface area contributed by atoms with E-state index in [1.165, 1.54) is 0 Å². The molecular weight excluding hydrogens is 378 g/mol. The molecule has 0 aliphatic carbocycles. The minimum absolute atomic E-state index is 0.127. The van der Waals surface area contributed by atoms with Crippen molar-refractivity contribution in [2.75, 3.05) is 6.61 Å². The zero-order chi connectivity index (χ0) is 20.6. The molecule has 2 N–H and O–H groups in total. The lowest BCUT2D eigenvalue weighted by molar-refractivity contribution is -0.122. The highest BCUT2D eigenvalue weighted by Gasteiger charge is 2.24. The average Bonchev–Trinajstić information content (AvgIpc) is 3.48. The van der Waals surface area contributed by atoms with Crippen molar-refractivity contribution in [1.82, 2.24) is 25.0 Å². The van der Waals surface area contributed by atoms with E-state index in [4.69, 9.17) is 19.2 Å². The molecule has 0 spiro atoms. The maximum Gasteiger partial charge on any atom is 0.290 e. The third-order valence-corrected chi connectivity index (χ3v) is 4.35. The van der Waals surface area contributed by atoms with Gasteiger partial charge >= 0.3 is 0 Å². The molecule has 4 rings (SSSR count). The Morgan fingerprint density at radius 2 is 2.14 bits per heavy atom. The second-order valence-electron chi connectivity index (χ2n) is 6.23. The van der Waals surface area contributed by atoms with Gasteiger partial charge in [0.15, 0.2) is 5.82 Å². The molecule has 1 aliphatic heterocycles. The van der Waals surface area contributed by atoms with Crippen molar-refractivity contribution in [1.29, 1.82) is 0 Å². The van der Waals surface area contributed by atoms with Gasteiger partial charge in [0.05, 0.1) is 12.7 Å². The lowest BCUT2D eigenvalue weighted by Crippen LogP contribution is -2.25. The zero-order valence-corrected chi connectivity index (χ0v) is 15.8. The fraction of sp³-hybridized carbons (Fsp3) is 0.316. The van der Waals surface area contributed by atoms with Crippen LogP contribution in [0.15, 0.2) is 41.1 Å². The molecule has 0 saturated carbocycles. The van der Waals surface area contributed by atoms with E-state index in [2.05, 4.69) is 20.4 Å². The molecule has 29 heavy (non-hydrogen) atoms. The van der Waals surface area contributed by atoms with Crippen LogP contribution in [0.25, 0.3) is 11.4 Å². The fourth-order valence-corrected chi connectivity index (χ4v) is 2.97. The van der Waals surface area contributed by atoms with Crippen LogP contribution >= 0.6 is 0 Å². The molecule has 1 saturated heterocycles. The van der Waals surface area contributed by atoms with Crippen molar-refractivity contribution >= 4 is 12.4 Å². The summed E-state index contributed by atoms with van der Waals surface area (Å²) in [6, 6.07) is 9.72. The van der Waals surface area contributed by atoms with Crippen LogP contribution in [-0.2, 0) is 23.1 Å². The van der Waals surface area contributed by atoms with Crippen molar-refractivity contribution in [3.05, 3.63) is 53.9 Å². The van der Waals surface area contributed by atoms with Crippen molar-refractivity contribution in [2.24, 2.45) is 7.05 Å². The van der Waals surface area contributed by atoms with Crippen molar-refractivity contribution in [3.8, 4) is 11.4 Å². The highest BCUT2D eigenvalue weighted by atomic mass is 16.5. The molecule has 10 nitrogen and oxygen atoms in total. The zero-order valence-electron chi connectivity index (χ0n) is 15.8. The summed E-state index contributed by atoms with van der Waals surface area (Å²) in [6.45, 7) is 0.643. The maximum absolute atomic E-state index is 12.5. The Hall–Kier alpha value is -3.53. The number of aromatic nitrogens is 4. The van der Waals surface area contributed by atoms with Gasteiger partial charge in [0.2, 0.25) is 0 Å². The summed E-state index contributed by atoms with van der Waals surface area (Å²) < 4.78 is 12.5. The second-order valence-corrected chi connectivity index (χ2v) is 6.23. The molecule has 0 bridgehead atoms. The summed E-state index contributed by atoms with van der Waals surface area (Å²) in [5.74, 6) is 1.38. The summed E-state index contributed by atoms with van der Waals surface area (Å²) in [5, 5.41) is 13.6. The van der Waals surface area contributed by atoms with Gasteiger partial charge in [-0.3, -0.25) is 9.59 Å². The van der Waals surface area contributed by atoms with E-state index in [0.29, 0.717) is 24.0 Å². The molecule has 1 aromatic carbocycles. The van der Waals surface area contributed by atoms with Gasteiger partial charge in [0.1, 0.15) is 17.6 Å². The Labute approximate surface area is 166 Å². The third-order valence-electron chi connectivity index (χ3n) is 4.35. The predicted octanol–water partition coefficient (Wildman–Crippen LogP) is 1.95. The number of imidazole rings is 1. The summed E-state index contributed by atoms with van der Waals surface area (Å²) in [4.78, 5) is 29.5. The molecule has 1 aliphatic rings. The molecule has 2 aromatic heterocycles. The van der Waals surface area contributed by atoms with Gasteiger partial charge in [0, 0.05) is 19.2 Å². The van der Waals surface area contributed by atoms with Gasteiger partial charge in [0.25, 0.3) is 18.3 Å². The summed E-state index contributed by atoms with van der Waals surface area (Å²) in [6.07, 6.45) is 3.30. The molecule has 1 amide bonds. The van der Waals surface area contributed by atoms with Crippen LogP contribution < -0.4 is 5.32 Å². The minimum atomic E-state index is -0.250. The van der Waals surface area contributed by atoms with Crippen molar-refractivity contribution in [3.63, 3.8) is 0 Å². The number of nitrogens with zero attached hydrogens (tertiary/aromatic N) is 4. The van der Waals surface area contributed by atoms with Crippen LogP contribution in [0.2, 0.25) is 0 Å². The Morgan fingerprint density at radius 1 is 1.38 bits per heavy atom. The quantitative estimate of drug-likeness (QED) is 0.622. The molecule has 0 radical (unpaired) electrons. The summed E-state index contributed by atoms with van der Waals surface area (Å²) >= 11 is 0. The van der Waals surface area contributed by atoms with Crippen molar-refractivity contribution < 1.29 is 24.0 Å². The van der Waals surface area contributed by atoms with Crippen LogP contribution in [0.4, 0.5) is 0 Å². The molecular formula is C19H21N5O5. The lowest BCUT2D eigenvalue weighted by Gasteiger charge is -2.06. The van der Waals surface area contributed by atoms with Gasteiger partial charge < -0.3 is 24.3 Å². The standard InChI is InChI=1S/C18H19N5O3.CH2O2/c1-23-13(10-19-16(23)12-6-3-2-4-7-12)17(24)20-11-15-21-18(26-22-15)14-8-5-9-25-14;2-1-3/h2-4,6-7,10,14H,5,8-9,11H2,1H3,(H,20,24);1H,(H,2,3). The van der Waals surface area contributed by atoms with Gasteiger partial charge in [-0.25, -0.2) is 4.98 Å². The number of nitrogens with one attached hydrogen (secondary N) is 1. The Bertz CT molecular complexity index is 947.